The minimum absolute atomic E-state index is 0.137. The molecule has 0 radical (unpaired) electrons. The number of benzene rings is 1. The molecule has 0 atom stereocenters. The molecule has 18 heavy (non-hydrogen) atoms. The number of hydrogen-bond acceptors (Lipinski definition) is 3. The molecule has 0 heterocycles. The SMILES string of the molecule is CC(=O)NNC(=O)CN(C)Cc1ccc(F)cc1. The second-order valence-electron chi connectivity index (χ2n) is 4.03. The van der Waals surface area contributed by atoms with Gasteiger partial charge in [-0.3, -0.25) is 25.3 Å². The lowest BCUT2D eigenvalue weighted by atomic mass is 10.2. The molecule has 0 saturated carbocycles. The molecule has 0 aliphatic carbocycles. The maximum atomic E-state index is 12.7. The van der Waals surface area contributed by atoms with Gasteiger partial charge in [0.05, 0.1) is 6.54 Å². The first kappa shape index (κ1) is 14.1. The lowest BCUT2D eigenvalue weighted by Crippen LogP contribution is -2.44. The third-order valence-electron chi connectivity index (χ3n) is 2.16. The summed E-state index contributed by atoms with van der Waals surface area (Å²) in [6, 6.07) is 6.08. The van der Waals surface area contributed by atoms with Crippen LogP contribution in [-0.4, -0.2) is 30.3 Å². The van der Waals surface area contributed by atoms with Gasteiger partial charge in [0.25, 0.3) is 5.91 Å². The van der Waals surface area contributed by atoms with Gasteiger partial charge in [0.15, 0.2) is 0 Å². The van der Waals surface area contributed by atoms with Crippen LogP contribution < -0.4 is 10.9 Å². The second-order valence-corrected chi connectivity index (χ2v) is 4.03. The summed E-state index contributed by atoms with van der Waals surface area (Å²) in [5.41, 5.74) is 5.38. The fourth-order valence-corrected chi connectivity index (χ4v) is 1.40. The molecule has 1 rings (SSSR count). The van der Waals surface area contributed by atoms with Crippen LogP contribution >= 0.6 is 0 Å². The van der Waals surface area contributed by atoms with Crippen LogP contribution in [0, 0.1) is 5.82 Å². The van der Waals surface area contributed by atoms with Crippen molar-refractivity contribution in [3.8, 4) is 0 Å². The summed E-state index contributed by atoms with van der Waals surface area (Å²) >= 11 is 0. The normalized spacial score (nSPS) is 10.2. The molecule has 2 N–H and O–H groups in total. The Hall–Kier alpha value is -1.95. The Morgan fingerprint density at radius 1 is 1.22 bits per heavy atom. The van der Waals surface area contributed by atoms with E-state index in [0.29, 0.717) is 6.54 Å². The minimum Gasteiger partial charge on any atom is -0.293 e. The van der Waals surface area contributed by atoms with E-state index < -0.39 is 0 Å². The molecule has 0 spiro atoms. The van der Waals surface area contributed by atoms with E-state index >= 15 is 0 Å². The molecule has 5 nitrogen and oxygen atoms in total. The zero-order valence-electron chi connectivity index (χ0n) is 10.4. The van der Waals surface area contributed by atoms with Crippen molar-refractivity contribution >= 4 is 11.8 Å². The highest BCUT2D eigenvalue weighted by Gasteiger charge is 2.07. The largest absolute Gasteiger partial charge is 0.293 e. The van der Waals surface area contributed by atoms with Crippen LogP contribution in [0.1, 0.15) is 12.5 Å². The predicted molar refractivity (Wildman–Crippen MR) is 64.7 cm³/mol. The molecule has 0 bridgehead atoms. The average Bonchev–Trinajstić information content (AvgIpc) is 2.29. The van der Waals surface area contributed by atoms with Crippen LogP contribution in [0.4, 0.5) is 4.39 Å². The number of carbonyl (C=O) groups is 2. The molecular formula is C12H16FN3O2. The van der Waals surface area contributed by atoms with E-state index in [2.05, 4.69) is 10.9 Å². The summed E-state index contributed by atoms with van der Waals surface area (Å²) in [7, 11) is 1.76. The summed E-state index contributed by atoms with van der Waals surface area (Å²) in [6.45, 7) is 1.97. The molecule has 0 fully saturated rings. The number of hydrogen-bond donors (Lipinski definition) is 2. The van der Waals surface area contributed by atoms with E-state index in [-0.39, 0.29) is 24.2 Å². The molecule has 0 aliphatic heterocycles. The Labute approximate surface area is 105 Å². The van der Waals surface area contributed by atoms with E-state index in [1.165, 1.54) is 19.1 Å². The zero-order chi connectivity index (χ0) is 13.5. The van der Waals surface area contributed by atoms with E-state index in [9.17, 15) is 14.0 Å². The van der Waals surface area contributed by atoms with Crippen LogP contribution in [0.5, 0.6) is 0 Å². The number of likely N-dealkylation sites (N-methyl/N-ethyl adjacent to an activating group) is 1. The van der Waals surface area contributed by atoms with Gasteiger partial charge in [0.2, 0.25) is 5.91 Å². The summed E-state index contributed by atoms with van der Waals surface area (Å²) in [5, 5.41) is 0. The lowest BCUT2D eigenvalue weighted by Gasteiger charge is -2.16. The third kappa shape index (κ3) is 5.40. The standard InChI is InChI=1S/C12H16FN3O2/c1-9(17)14-15-12(18)8-16(2)7-10-3-5-11(13)6-4-10/h3-6H,7-8H2,1-2H3,(H,14,17)(H,15,18). The summed E-state index contributed by atoms with van der Waals surface area (Å²) in [5.74, 6) is -0.927. The number of nitrogens with zero attached hydrogens (tertiary/aromatic N) is 1. The number of carbonyl (C=O) groups excluding carboxylic acids is 2. The number of hydrazine groups is 1. The van der Waals surface area contributed by atoms with Gasteiger partial charge in [-0.1, -0.05) is 12.1 Å². The van der Waals surface area contributed by atoms with Crippen molar-refractivity contribution in [1.82, 2.24) is 15.8 Å². The topological polar surface area (TPSA) is 61.4 Å². The highest BCUT2D eigenvalue weighted by atomic mass is 19.1. The molecular weight excluding hydrogens is 237 g/mol. The van der Waals surface area contributed by atoms with Crippen molar-refractivity contribution in [2.24, 2.45) is 0 Å². The Kier molecular flexibility index (Phi) is 5.26. The monoisotopic (exact) mass is 253 g/mol. The molecule has 0 unspecified atom stereocenters. The molecule has 0 aromatic heterocycles. The van der Waals surface area contributed by atoms with Gasteiger partial charge in [-0.25, -0.2) is 4.39 Å². The van der Waals surface area contributed by atoms with Gasteiger partial charge in [-0.05, 0) is 24.7 Å². The van der Waals surface area contributed by atoms with Gasteiger partial charge in [0.1, 0.15) is 5.82 Å². The van der Waals surface area contributed by atoms with Crippen molar-refractivity contribution in [1.29, 1.82) is 0 Å². The second kappa shape index (κ2) is 6.70. The summed E-state index contributed by atoms with van der Waals surface area (Å²) in [6.07, 6.45) is 0. The fraction of sp³-hybridized carbons (Fsp3) is 0.333. The summed E-state index contributed by atoms with van der Waals surface area (Å²) < 4.78 is 12.7. The quantitative estimate of drug-likeness (QED) is 0.765. The zero-order valence-corrected chi connectivity index (χ0v) is 10.4. The third-order valence-corrected chi connectivity index (χ3v) is 2.16. The number of rotatable bonds is 4. The highest BCUT2D eigenvalue weighted by Crippen LogP contribution is 2.04. The van der Waals surface area contributed by atoms with Gasteiger partial charge in [0, 0.05) is 13.5 Å². The van der Waals surface area contributed by atoms with Crippen LogP contribution in [-0.2, 0) is 16.1 Å². The first-order valence-electron chi connectivity index (χ1n) is 5.46. The molecule has 0 aliphatic rings. The average molecular weight is 253 g/mol. The van der Waals surface area contributed by atoms with Crippen LogP contribution in [0.25, 0.3) is 0 Å². The lowest BCUT2D eigenvalue weighted by molar-refractivity contribution is -0.128. The van der Waals surface area contributed by atoms with Crippen LogP contribution in [0.2, 0.25) is 0 Å². The Morgan fingerprint density at radius 3 is 2.39 bits per heavy atom. The van der Waals surface area contributed by atoms with E-state index in [1.54, 1.807) is 24.1 Å². The highest BCUT2D eigenvalue weighted by molar-refractivity contribution is 5.81. The Morgan fingerprint density at radius 2 is 1.83 bits per heavy atom. The molecule has 1 aromatic rings. The van der Waals surface area contributed by atoms with Crippen LogP contribution in [0.15, 0.2) is 24.3 Å². The van der Waals surface area contributed by atoms with Gasteiger partial charge < -0.3 is 0 Å². The maximum absolute atomic E-state index is 12.7. The predicted octanol–water partition coefficient (Wildman–Crippen LogP) is 0.425. The molecule has 98 valence electrons. The van der Waals surface area contributed by atoms with Crippen LogP contribution in [0.3, 0.4) is 0 Å². The molecule has 0 saturated heterocycles. The van der Waals surface area contributed by atoms with Crippen molar-refractivity contribution in [3.63, 3.8) is 0 Å². The van der Waals surface area contributed by atoms with E-state index in [0.717, 1.165) is 5.56 Å². The number of halogens is 1. The molecule has 2 amide bonds. The fourth-order valence-electron chi connectivity index (χ4n) is 1.40. The van der Waals surface area contributed by atoms with Gasteiger partial charge >= 0.3 is 0 Å². The van der Waals surface area contributed by atoms with Crippen molar-refractivity contribution < 1.29 is 14.0 Å². The number of nitrogens with one attached hydrogen (secondary N) is 2. The summed E-state index contributed by atoms with van der Waals surface area (Å²) in [4.78, 5) is 23.7. The van der Waals surface area contributed by atoms with Crippen molar-refractivity contribution in [3.05, 3.63) is 35.6 Å². The Bertz CT molecular complexity index is 420. The van der Waals surface area contributed by atoms with Gasteiger partial charge in [-0.15, -0.1) is 0 Å². The van der Waals surface area contributed by atoms with E-state index in [1.807, 2.05) is 0 Å². The van der Waals surface area contributed by atoms with E-state index in [4.69, 9.17) is 0 Å². The first-order chi connectivity index (χ1) is 8.47. The molecule has 1 aromatic carbocycles. The Balaban J connectivity index is 2.36. The smallest absolute Gasteiger partial charge is 0.252 e. The maximum Gasteiger partial charge on any atom is 0.252 e. The first-order valence-corrected chi connectivity index (χ1v) is 5.46. The van der Waals surface area contributed by atoms with Gasteiger partial charge in [-0.2, -0.15) is 0 Å². The number of amides is 2. The minimum atomic E-state index is -0.329. The van der Waals surface area contributed by atoms with Crippen molar-refractivity contribution in [2.45, 2.75) is 13.5 Å². The van der Waals surface area contributed by atoms with Crippen molar-refractivity contribution in [2.75, 3.05) is 13.6 Å². The molecule has 6 heteroatoms.